The summed E-state index contributed by atoms with van der Waals surface area (Å²) < 4.78 is 5.42. The average molecular weight is 844 g/mol. The van der Waals surface area contributed by atoms with E-state index in [-0.39, 0.29) is 18.5 Å². The molecule has 0 rings (SSSR count). The Bertz CT molecular complexity index is 977. The van der Waals surface area contributed by atoms with Gasteiger partial charge in [-0.25, -0.2) is 0 Å². The summed E-state index contributed by atoms with van der Waals surface area (Å²) in [5.74, 6) is -0.122. The summed E-state index contributed by atoms with van der Waals surface area (Å²) in [5.41, 5.74) is 0. The first kappa shape index (κ1) is 58.1. The van der Waals surface area contributed by atoms with Crippen LogP contribution in [-0.4, -0.2) is 47.4 Å². The van der Waals surface area contributed by atoms with Gasteiger partial charge in [-0.3, -0.25) is 9.59 Å². The molecule has 0 aliphatic heterocycles. The average Bonchev–Trinajstić information content (AvgIpc) is 3.25. The number of carbonyl (C=O) groups excluding carboxylic acids is 2. The summed E-state index contributed by atoms with van der Waals surface area (Å²) >= 11 is 0. The van der Waals surface area contributed by atoms with Crippen molar-refractivity contribution in [1.82, 2.24) is 5.32 Å². The molecule has 0 aromatic rings. The maximum Gasteiger partial charge on any atom is 0.305 e. The molecule has 0 radical (unpaired) electrons. The highest BCUT2D eigenvalue weighted by Gasteiger charge is 2.20. The standard InChI is InChI=1S/C54H101NO5/c1-3-5-7-9-11-13-15-17-19-20-21-22-23-24-26-30-34-38-42-46-52(57)51(50-56)55-53(58)47-43-39-35-31-28-29-33-37-41-45-49-60-54(59)48-44-40-36-32-27-25-18-16-14-12-10-8-6-4-2/h10,12,16,18,29,33,51-52,56-57H,3-9,11,13-15,17,19-28,30-32,34-50H2,1-2H3,(H,55,58)/b12-10-,18-16-,33-29-. The summed E-state index contributed by atoms with van der Waals surface area (Å²) in [6, 6.07) is -0.568. The lowest BCUT2D eigenvalue weighted by atomic mass is 10.0. The van der Waals surface area contributed by atoms with Crippen LogP contribution in [0, 0.1) is 0 Å². The Morgan fingerprint density at radius 1 is 0.467 bits per heavy atom. The molecule has 0 aromatic heterocycles. The summed E-state index contributed by atoms with van der Waals surface area (Å²) in [4.78, 5) is 24.5. The number of allylic oxidation sites excluding steroid dienone is 6. The highest BCUT2D eigenvalue weighted by molar-refractivity contribution is 5.76. The molecule has 0 fully saturated rings. The van der Waals surface area contributed by atoms with Crippen molar-refractivity contribution in [3.8, 4) is 0 Å². The fourth-order valence-electron chi connectivity index (χ4n) is 7.83. The van der Waals surface area contributed by atoms with Crippen LogP contribution in [0.1, 0.15) is 271 Å². The number of nitrogens with one attached hydrogen (secondary N) is 1. The van der Waals surface area contributed by atoms with E-state index in [9.17, 15) is 19.8 Å². The topological polar surface area (TPSA) is 95.9 Å². The lowest BCUT2D eigenvalue weighted by Gasteiger charge is -2.22. The first-order chi connectivity index (χ1) is 29.5. The summed E-state index contributed by atoms with van der Waals surface area (Å²) in [6.07, 6.45) is 59.7. The predicted molar refractivity (Wildman–Crippen MR) is 259 cm³/mol. The summed E-state index contributed by atoms with van der Waals surface area (Å²) in [5, 5.41) is 23.2. The minimum Gasteiger partial charge on any atom is -0.466 e. The second kappa shape index (κ2) is 49.7. The van der Waals surface area contributed by atoms with E-state index >= 15 is 0 Å². The van der Waals surface area contributed by atoms with E-state index in [1.54, 1.807) is 0 Å². The number of aliphatic hydroxyl groups excluding tert-OH is 2. The van der Waals surface area contributed by atoms with Gasteiger partial charge in [0, 0.05) is 12.8 Å². The Morgan fingerprint density at radius 3 is 1.33 bits per heavy atom. The Kier molecular flexibility index (Phi) is 48.1. The minimum atomic E-state index is -0.688. The van der Waals surface area contributed by atoms with Gasteiger partial charge in [-0.05, 0) is 77.0 Å². The van der Waals surface area contributed by atoms with E-state index in [1.165, 1.54) is 148 Å². The van der Waals surface area contributed by atoms with Crippen molar-refractivity contribution in [2.24, 2.45) is 0 Å². The first-order valence-corrected chi connectivity index (χ1v) is 26.2. The molecule has 0 spiro atoms. The monoisotopic (exact) mass is 844 g/mol. The lowest BCUT2D eigenvalue weighted by molar-refractivity contribution is -0.143. The SMILES string of the molecule is CCCC/C=C\C/C=C\CCCCCCCC(=O)OCCCC/C=C\CCCCCCC(=O)NC(CO)C(O)CCCCCCCCCCCCCCCCCCCCC. The number of hydrogen-bond donors (Lipinski definition) is 3. The summed E-state index contributed by atoms with van der Waals surface area (Å²) in [7, 11) is 0. The molecule has 60 heavy (non-hydrogen) atoms. The van der Waals surface area contributed by atoms with Crippen LogP contribution in [-0.2, 0) is 14.3 Å². The van der Waals surface area contributed by atoms with Crippen LogP contribution in [0.4, 0.5) is 0 Å². The van der Waals surface area contributed by atoms with E-state index < -0.39 is 12.1 Å². The fourth-order valence-corrected chi connectivity index (χ4v) is 7.83. The van der Waals surface area contributed by atoms with E-state index in [0.29, 0.717) is 25.9 Å². The van der Waals surface area contributed by atoms with Gasteiger partial charge in [-0.1, -0.05) is 217 Å². The van der Waals surface area contributed by atoms with Crippen molar-refractivity contribution in [2.45, 2.75) is 283 Å². The molecule has 1 amide bonds. The lowest BCUT2D eigenvalue weighted by Crippen LogP contribution is -2.45. The zero-order valence-corrected chi connectivity index (χ0v) is 39.9. The van der Waals surface area contributed by atoms with Gasteiger partial charge in [-0.15, -0.1) is 0 Å². The molecule has 2 atom stereocenters. The molecule has 0 saturated heterocycles. The molecule has 0 aliphatic carbocycles. The number of amides is 1. The number of aliphatic hydroxyl groups is 2. The van der Waals surface area contributed by atoms with Gasteiger partial charge in [-0.2, -0.15) is 0 Å². The smallest absolute Gasteiger partial charge is 0.305 e. The van der Waals surface area contributed by atoms with Gasteiger partial charge >= 0.3 is 5.97 Å². The third-order valence-corrected chi connectivity index (χ3v) is 11.9. The molecule has 6 heteroatoms. The maximum atomic E-state index is 12.5. The molecule has 0 heterocycles. The van der Waals surface area contributed by atoms with Gasteiger partial charge in [0.2, 0.25) is 5.91 Å². The number of ether oxygens (including phenoxy) is 1. The molecule has 6 nitrogen and oxygen atoms in total. The molecule has 0 saturated carbocycles. The summed E-state index contributed by atoms with van der Waals surface area (Å²) in [6.45, 7) is 4.82. The zero-order valence-electron chi connectivity index (χ0n) is 39.9. The number of carbonyl (C=O) groups is 2. The predicted octanol–water partition coefficient (Wildman–Crippen LogP) is 15.7. The molecule has 0 aliphatic rings. The Balaban J connectivity index is 3.54. The molecule has 0 bridgehead atoms. The molecular formula is C54H101NO5. The Hall–Kier alpha value is -1.92. The minimum absolute atomic E-state index is 0.0510. The Labute approximate surface area is 373 Å². The van der Waals surface area contributed by atoms with Gasteiger partial charge in [0.15, 0.2) is 0 Å². The largest absolute Gasteiger partial charge is 0.466 e. The van der Waals surface area contributed by atoms with Crippen LogP contribution in [0.5, 0.6) is 0 Å². The highest BCUT2D eigenvalue weighted by atomic mass is 16.5. The van der Waals surface area contributed by atoms with Crippen molar-refractivity contribution in [1.29, 1.82) is 0 Å². The molecular weight excluding hydrogens is 743 g/mol. The van der Waals surface area contributed by atoms with Crippen LogP contribution in [0.15, 0.2) is 36.5 Å². The van der Waals surface area contributed by atoms with Crippen LogP contribution in [0.3, 0.4) is 0 Å². The first-order valence-electron chi connectivity index (χ1n) is 26.2. The van der Waals surface area contributed by atoms with E-state index in [2.05, 4.69) is 55.6 Å². The number of hydrogen-bond acceptors (Lipinski definition) is 5. The van der Waals surface area contributed by atoms with Gasteiger partial charge in [0.05, 0.1) is 25.4 Å². The van der Waals surface area contributed by atoms with Crippen molar-refractivity contribution < 1.29 is 24.5 Å². The van der Waals surface area contributed by atoms with Crippen molar-refractivity contribution in [2.75, 3.05) is 13.2 Å². The normalized spacial score (nSPS) is 12.9. The van der Waals surface area contributed by atoms with E-state index in [0.717, 1.165) is 89.9 Å². The second-order valence-electron chi connectivity index (χ2n) is 17.8. The van der Waals surface area contributed by atoms with Crippen molar-refractivity contribution in [3.63, 3.8) is 0 Å². The number of unbranched alkanes of at least 4 members (excludes halogenated alkanes) is 31. The fraction of sp³-hybridized carbons (Fsp3) is 0.852. The Morgan fingerprint density at radius 2 is 0.850 bits per heavy atom. The second-order valence-corrected chi connectivity index (χ2v) is 17.8. The maximum absolute atomic E-state index is 12.5. The molecule has 3 N–H and O–H groups in total. The van der Waals surface area contributed by atoms with Gasteiger partial charge in [0.25, 0.3) is 0 Å². The van der Waals surface area contributed by atoms with Crippen LogP contribution in [0.25, 0.3) is 0 Å². The third kappa shape index (κ3) is 45.6. The molecule has 2 unspecified atom stereocenters. The molecule has 352 valence electrons. The highest BCUT2D eigenvalue weighted by Crippen LogP contribution is 2.16. The van der Waals surface area contributed by atoms with Crippen molar-refractivity contribution in [3.05, 3.63) is 36.5 Å². The quantitative estimate of drug-likeness (QED) is 0.0322. The third-order valence-electron chi connectivity index (χ3n) is 11.9. The van der Waals surface area contributed by atoms with E-state index in [1.807, 2.05) is 0 Å². The van der Waals surface area contributed by atoms with Crippen LogP contribution < -0.4 is 5.32 Å². The zero-order chi connectivity index (χ0) is 43.7. The van der Waals surface area contributed by atoms with Gasteiger partial charge < -0.3 is 20.3 Å². The van der Waals surface area contributed by atoms with Crippen LogP contribution >= 0.6 is 0 Å². The van der Waals surface area contributed by atoms with Crippen molar-refractivity contribution >= 4 is 11.9 Å². The number of rotatable bonds is 48. The van der Waals surface area contributed by atoms with E-state index in [4.69, 9.17) is 4.74 Å². The molecule has 0 aromatic carbocycles. The van der Waals surface area contributed by atoms with Crippen LogP contribution in [0.2, 0.25) is 0 Å². The van der Waals surface area contributed by atoms with Gasteiger partial charge in [0.1, 0.15) is 0 Å². The number of esters is 1.